The number of aryl methyl sites for hydroxylation is 2. The number of rotatable bonds is 3. The summed E-state index contributed by atoms with van der Waals surface area (Å²) in [7, 11) is 0. The minimum absolute atomic E-state index is 0.574. The van der Waals surface area contributed by atoms with Crippen LogP contribution in [0, 0.1) is 13.8 Å². The third-order valence-electron chi connectivity index (χ3n) is 2.73. The number of nitrogen functional groups attached to an aromatic ring is 1. The summed E-state index contributed by atoms with van der Waals surface area (Å²) in [5.41, 5.74) is 9.42. The summed E-state index contributed by atoms with van der Waals surface area (Å²) < 4.78 is 0. The number of anilines is 1. The van der Waals surface area contributed by atoms with Gasteiger partial charge in [-0.2, -0.15) is 0 Å². The van der Waals surface area contributed by atoms with Crippen LogP contribution in [0.1, 0.15) is 16.7 Å². The molecule has 0 spiro atoms. The van der Waals surface area contributed by atoms with E-state index in [1.54, 1.807) is 0 Å². The molecule has 1 aromatic carbocycles. The van der Waals surface area contributed by atoms with E-state index < -0.39 is 0 Å². The second-order valence-corrected chi connectivity index (χ2v) is 5.17. The molecule has 2 rings (SSSR count). The molecule has 0 amide bonds. The average molecular weight is 244 g/mol. The highest BCUT2D eigenvalue weighted by Crippen LogP contribution is 2.24. The van der Waals surface area contributed by atoms with Gasteiger partial charge in [0.2, 0.25) is 0 Å². The van der Waals surface area contributed by atoms with Crippen LogP contribution in [0.25, 0.3) is 0 Å². The number of aromatic nitrogens is 1. The monoisotopic (exact) mass is 244 g/mol. The maximum Gasteiger partial charge on any atom is 0.123 e. The molecule has 0 saturated carbocycles. The number of nitrogens with two attached hydrogens (primary N) is 1. The first kappa shape index (κ1) is 12.0. The molecule has 0 aliphatic carbocycles. The van der Waals surface area contributed by atoms with E-state index in [1.165, 1.54) is 21.6 Å². The van der Waals surface area contributed by atoms with Gasteiger partial charge < -0.3 is 5.73 Å². The molecule has 0 atom stereocenters. The zero-order chi connectivity index (χ0) is 12.3. The second kappa shape index (κ2) is 5.23. The van der Waals surface area contributed by atoms with E-state index in [9.17, 15) is 0 Å². The maximum atomic E-state index is 5.55. The number of thioether (sulfide) groups is 1. The molecule has 0 aliphatic heterocycles. The summed E-state index contributed by atoms with van der Waals surface area (Å²) in [5, 5.41) is 0. The standard InChI is InChI=1S/C14H16N2S/c1-10-3-5-13(7-11(10)2)17-9-12-4-6-14(15)16-8-12/h3-8H,9H2,1-2H3,(H2,15,16). The molecule has 3 heteroatoms. The van der Waals surface area contributed by atoms with Gasteiger partial charge >= 0.3 is 0 Å². The molecule has 0 unspecified atom stereocenters. The molecule has 0 aliphatic rings. The summed E-state index contributed by atoms with van der Waals surface area (Å²) in [4.78, 5) is 5.38. The van der Waals surface area contributed by atoms with Gasteiger partial charge in [-0.3, -0.25) is 0 Å². The van der Waals surface area contributed by atoms with Crippen LogP contribution < -0.4 is 5.73 Å². The van der Waals surface area contributed by atoms with Crippen LogP contribution in [-0.2, 0) is 5.75 Å². The Morgan fingerprint density at radius 2 is 1.94 bits per heavy atom. The highest BCUT2D eigenvalue weighted by molar-refractivity contribution is 7.98. The zero-order valence-electron chi connectivity index (χ0n) is 10.1. The van der Waals surface area contributed by atoms with Gasteiger partial charge in [-0.25, -0.2) is 4.98 Å². The third kappa shape index (κ3) is 3.24. The fourth-order valence-corrected chi connectivity index (χ4v) is 2.42. The molecule has 2 aromatic rings. The Morgan fingerprint density at radius 1 is 1.12 bits per heavy atom. The van der Waals surface area contributed by atoms with Gasteiger partial charge in [-0.15, -0.1) is 11.8 Å². The van der Waals surface area contributed by atoms with Gasteiger partial charge in [0.25, 0.3) is 0 Å². The number of benzene rings is 1. The van der Waals surface area contributed by atoms with Crippen molar-refractivity contribution in [1.29, 1.82) is 0 Å². The third-order valence-corrected chi connectivity index (χ3v) is 3.80. The first-order valence-electron chi connectivity index (χ1n) is 5.55. The fraction of sp³-hybridized carbons (Fsp3) is 0.214. The second-order valence-electron chi connectivity index (χ2n) is 4.13. The van der Waals surface area contributed by atoms with Crippen molar-refractivity contribution in [2.45, 2.75) is 24.5 Å². The first-order valence-corrected chi connectivity index (χ1v) is 6.54. The van der Waals surface area contributed by atoms with Crippen LogP contribution in [0.3, 0.4) is 0 Å². The minimum Gasteiger partial charge on any atom is -0.384 e. The molecule has 0 radical (unpaired) electrons. The number of hydrogen-bond acceptors (Lipinski definition) is 3. The Kier molecular flexibility index (Phi) is 3.69. The number of hydrogen-bond donors (Lipinski definition) is 1. The Balaban J connectivity index is 2.02. The molecule has 2 nitrogen and oxygen atoms in total. The number of nitrogens with zero attached hydrogens (tertiary/aromatic N) is 1. The molecular formula is C14H16N2S. The highest BCUT2D eigenvalue weighted by Gasteiger charge is 1.99. The van der Waals surface area contributed by atoms with Crippen LogP contribution >= 0.6 is 11.8 Å². The van der Waals surface area contributed by atoms with Crippen LogP contribution in [0.2, 0.25) is 0 Å². The van der Waals surface area contributed by atoms with Crippen LogP contribution in [0.4, 0.5) is 5.82 Å². The van der Waals surface area contributed by atoms with Crippen LogP contribution in [0.15, 0.2) is 41.4 Å². The molecular weight excluding hydrogens is 228 g/mol. The summed E-state index contributed by atoms with van der Waals surface area (Å²) in [6.45, 7) is 4.28. The molecule has 2 N–H and O–H groups in total. The normalized spacial score (nSPS) is 10.5. The lowest BCUT2D eigenvalue weighted by atomic mass is 10.1. The predicted molar refractivity (Wildman–Crippen MR) is 74.1 cm³/mol. The number of pyridine rings is 1. The van der Waals surface area contributed by atoms with Crippen molar-refractivity contribution in [3.63, 3.8) is 0 Å². The van der Waals surface area contributed by atoms with E-state index in [0.29, 0.717) is 5.82 Å². The van der Waals surface area contributed by atoms with E-state index in [0.717, 1.165) is 5.75 Å². The molecule has 0 saturated heterocycles. The van der Waals surface area contributed by atoms with Crippen molar-refractivity contribution in [2.24, 2.45) is 0 Å². The first-order chi connectivity index (χ1) is 8.15. The molecule has 1 aromatic heterocycles. The molecule has 1 heterocycles. The molecule has 17 heavy (non-hydrogen) atoms. The van der Waals surface area contributed by atoms with Gasteiger partial charge in [0.15, 0.2) is 0 Å². The molecule has 0 fully saturated rings. The van der Waals surface area contributed by atoms with Crippen molar-refractivity contribution in [2.75, 3.05) is 5.73 Å². The van der Waals surface area contributed by atoms with E-state index in [4.69, 9.17) is 5.73 Å². The topological polar surface area (TPSA) is 38.9 Å². The quantitative estimate of drug-likeness (QED) is 0.839. The van der Waals surface area contributed by atoms with Crippen molar-refractivity contribution in [1.82, 2.24) is 4.98 Å². The van der Waals surface area contributed by atoms with E-state index in [2.05, 4.69) is 37.0 Å². The van der Waals surface area contributed by atoms with Gasteiger partial charge in [-0.05, 0) is 48.7 Å². The molecule has 88 valence electrons. The Bertz CT molecular complexity index is 506. The lowest BCUT2D eigenvalue weighted by Gasteiger charge is -2.05. The van der Waals surface area contributed by atoms with E-state index in [-0.39, 0.29) is 0 Å². The van der Waals surface area contributed by atoms with Crippen LogP contribution in [-0.4, -0.2) is 4.98 Å². The van der Waals surface area contributed by atoms with Gasteiger partial charge in [0.1, 0.15) is 5.82 Å². The predicted octanol–water partition coefficient (Wildman–Crippen LogP) is 3.57. The lowest BCUT2D eigenvalue weighted by molar-refractivity contribution is 1.24. The Hall–Kier alpha value is -1.48. The highest BCUT2D eigenvalue weighted by atomic mass is 32.2. The fourth-order valence-electron chi connectivity index (χ4n) is 1.49. The summed E-state index contributed by atoms with van der Waals surface area (Å²) in [5.74, 6) is 1.50. The SMILES string of the molecule is Cc1ccc(SCc2ccc(N)nc2)cc1C. The zero-order valence-corrected chi connectivity index (χ0v) is 10.9. The van der Waals surface area contributed by atoms with E-state index in [1.807, 2.05) is 30.1 Å². The Labute approximate surface area is 106 Å². The lowest BCUT2D eigenvalue weighted by Crippen LogP contribution is -1.90. The van der Waals surface area contributed by atoms with Gasteiger partial charge in [0, 0.05) is 16.8 Å². The largest absolute Gasteiger partial charge is 0.384 e. The molecule has 0 bridgehead atoms. The van der Waals surface area contributed by atoms with Crippen molar-refractivity contribution in [3.05, 3.63) is 53.2 Å². The summed E-state index contributed by atoms with van der Waals surface area (Å²) >= 11 is 1.82. The smallest absolute Gasteiger partial charge is 0.123 e. The average Bonchev–Trinajstić information content (AvgIpc) is 2.33. The van der Waals surface area contributed by atoms with E-state index >= 15 is 0 Å². The van der Waals surface area contributed by atoms with Gasteiger partial charge in [-0.1, -0.05) is 12.1 Å². The van der Waals surface area contributed by atoms with Crippen molar-refractivity contribution >= 4 is 17.6 Å². The summed E-state index contributed by atoms with van der Waals surface area (Å²) in [6.07, 6.45) is 1.84. The van der Waals surface area contributed by atoms with Crippen molar-refractivity contribution < 1.29 is 0 Å². The maximum absolute atomic E-state index is 5.55. The van der Waals surface area contributed by atoms with Crippen molar-refractivity contribution in [3.8, 4) is 0 Å². The Morgan fingerprint density at radius 3 is 2.59 bits per heavy atom. The van der Waals surface area contributed by atoms with Crippen LogP contribution in [0.5, 0.6) is 0 Å². The minimum atomic E-state index is 0.574. The van der Waals surface area contributed by atoms with Gasteiger partial charge in [0.05, 0.1) is 0 Å². The summed E-state index contributed by atoms with van der Waals surface area (Å²) in [6, 6.07) is 10.4.